The summed E-state index contributed by atoms with van der Waals surface area (Å²) in [4.78, 5) is 4.66. The highest BCUT2D eigenvalue weighted by Gasteiger charge is 2.24. The van der Waals surface area contributed by atoms with Gasteiger partial charge in [-0.1, -0.05) is 54.1 Å². The summed E-state index contributed by atoms with van der Waals surface area (Å²) in [5.74, 6) is 0. The topological polar surface area (TPSA) is 59.1 Å². The summed E-state index contributed by atoms with van der Waals surface area (Å²) in [6, 6.07) is 21.0. The second kappa shape index (κ2) is 7.47. The molecule has 0 aliphatic carbocycles. The van der Waals surface area contributed by atoms with Crippen molar-refractivity contribution < 1.29 is 8.42 Å². The molecule has 0 spiro atoms. The van der Waals surface area contributed by atoms with E-state index in [1.165, 1.54) is 0 Å². The van der Waals surface area contributed by atoms with Crippen molar-refractivity contribution >= 4 is 26.0 Å². The number of halogens is 1. The quantitative estimate of drug-likeness (QED) is 0.633. The van der Waals surface area contributed by atoms with Crippen LogP contribution in [-0.2, 0) is 10.0 Å². The zero-order chi connectivity index (χ0) is 17.9. The largest absolute Gasteiger partial charge is 0.244 e. The summed E-state index contributed by atoms with van der Waals surface area (Å²) in [6.45, 7) is 1.92. The molecule has 1 heterocycles. The molecule has 3 rings (SSSR count). The Kier molecular flexibility index (Phi) is 5.32. The van der Waals surface area contributed by atoms with E-state index in [1.54, 1.807) is 36.4 Å². The molecule has 3 aromatic rings. The van der Waals surface area contributed by atoms with Crippen LogP contribution in [0.4, 0.5) is 0 Å². The number of rotatable bonds is 5. The van der Waals surface area contributed by atoms with Crippen molar-refractivity contribution in [3.05, 3.63) is 94.2 Å². The Morgan fingerprint density at radius 1 is 0.920 bits per heavy atom. The number of sulfonamides is 1. The molecule has 0 amide bonds. The molecule has 0 fully saturated rings. The zero-order valence-electron chi connectivity index (χ0n) is 13.6. The lowest BCUT2D eigenvalue weighted by Gasteiger charge is -2.19. The fourth-order valence-electron chi connectivity index (χ4n) is 2.47. The van der Waals surface area contributed by atoms with Crippen molar-refractivity contribution in [2.24, 2.45) is 0 Å². The van der Waals surface area contributed by atoms with E-state index in [-0.39, 0.29) is 4.90 Å². The predicted molar refractivity (Wildman–Crippen MR) is 102 cm³/mol. The number of aromatic nitrogens is 1. The molecule has 25 heavy (non-hydrogen) atoms. The standard InChI is InChI=1S/C19H17BrN2O2S/c1-14-10-12-16(13-11-14)25(23,24)22-19(15-6-3-2-4-7-15)17-8-5-9-18(20)21-17/h2-13,19,22H,1H3/t19-/m1/s1. The van der Waals surface area contributed by atoms with Gasteiger partial charge in [-0.15, -0.1) is 0 Å². The first kappa shape index (κ1) is 17.8. The van der Waals surface area contributed by atoms with Crippen LogP contribution in [0.25, 0.3) is 0 Å². The summed E-state index contributed by atoms with van der Waals surface area (Å²) in [5, 5.41) is 0. The molecule has 6 heteroatoms. The average molecular weight is 417 g/mol. The number of nitrogens with zero attached hydrogens (tertiary/aromatic N) is 1. The average Bonchev–Trinajstić information content (AvgIpc) is 2.61. The molecule has 0 saturated heterocycles. The highest BCUT2D eigenvalue weighted by Crippen LogP contribution is 2.24. The van der Waals surface area contributed by atoms with Crippen LogP contribution in [0.5, 0.6) is 0 Å². The smallest absolute Gasteiger partial charge is 0.241 e. The van der Waals surface area contributed by atoms with Crippen molar-refractivity contribution in [2.75, 3.05) is 0 Å². The fourth-order valence-corrected chi connectivity index (χ4v) is 4.02. The van der Waals surface area contributed by atoms with Gasteiger partial charge in [-0.25, -0.2) is 13.4 Å². The van der Waals surface area contributed by atoms with E-state index < -0.39 is 16.1 Å². The van der Waals surface area contributed by atoms with Crippen LogP contribution in [0.2, 0.25) is 0 Å². The number of benzene rings is 2. The molecule has 0 aliphatic heterocycles. The summed E-state index contributed by atoms with van der Waals surface area (Å²) >= 11 is 3.35. The molecule has 2 aromatic carbocycles. The lowest BCUT2D eigenvalue weighted by Crippen LogP contribution is -2.30. The lowest BCUT2D eigenvalue weighted by atomic mass is 10.0. The van der Waals surface area contributed by atoms with Crippen molar-refractivity contribution in [3.8, 4) is 0 Å². The van der Waals surface area contributed by atoms with Gasteiger partial charge in [0, 0.05) is 0 Å². The molecule has 0 aliphatic rings. The number of aryl methyl sites for hydroxylation is 1. The first-order valence-electron chi connectivity index (χ1n) is 7.72. The molecule has 1 N–H and O–H groups in total. The van der Waals surface area contributed by atoms with Gasteiger partial charge in [0.1, 0.15) is 4.60 Å². The highest BCUT2D eigenvalue weighted by atomic mass is 79.9. The third kappa shape index (κ3) is 4.34. The van der Waals surface area contributed by atoms with Crippen LogP contribution in [0, 0.1) is 6.92 Å². The van der Waals surface area contributed by atoms with E-state index >= 15 is 0 Å². The Morgan fingerprint density at radius 3 is 2.24 bits per heavy atom. The molecule has 128 valence electrons. The van der Waals surface area contributed by atoms with Gasteiger partial charge in [0.25, 0.3) is 0 Å². The van der Waals surface area contributed by atoms with Crippen LogP contribution in [0.1, 0.15) is 22.9 Å². The maximum Gasteiger partial charge on any atom is 0.241 e. The number of pyridine rings is 1. The van der Waals surface area contributed by atoms with Crippen LogP contribution < -0.4 is 4.72 Å². The van der Waals surface area contributed by atoms with E-state index in [9.17, 15) is 8.42 Å². The maximum absolute atomic E-state index is 12.8. The van der Waals surface area contributed by atoms with Crippen molar-refractivity contribution in [3.63, 3.8) is 0 Å². The molecule has 4 nitrogen and oxygen atoms in total. The Morgan fingerprint density at radius 2 is 1.60 bits per heavy atom. The minimum absolute atomic E-state index is 0.231. The molecule has 0 bridgehead atoms. The molecule has 0 unspecified atom stereocenters. The highest BCUT2D eigenvalue weighted by molar-refractivity contribution is 9.10. The van der Waals surface area contributed by atoms with Gasteiger partial charge >= 0.3 is 0 Å². The first-order valence-corrected chi connectivity index (χ1v) is 10.00. The minimum Gasteiger partial charge on any atom is -0.244 e. The minimum atomic E-state index is -3.69. The number of hydrogen-bond donors (Lipinski definition) is 1. The summed E-state index contributed by atoms with van der Waals surface area (Å²) in [6.07, 6.45) is 0. The third-order valence-corrected chi connectivity index (χ3v) is 5.65. The van der Waals surface area contributed by atoms with Gasteiger partial charge in [-0.2, -0.15) is 4.72 Å². The monoisotopic (exact) mass is 416 g/mol. The maximum atomic E-state index is 12.8. The Labute approximate surface area is 156 Å². The Bertz CT molecular complexity index is 958. The Hall–Kier alpha value is -2.02. The van der Waals surface area contributed by atoms with E-state index in [1.807, 2.05) is 43.3 Å². The van der Waals surface area contributed by atoms with Crippen LogP contribution in [-0.4, -0.2) is 13.4 Å². The van der Waals surface area contributed by atoms with Gasteiger partial charge in [-0.3, -0.25) is 0 Å². The normalized spacial score (nSPS) is 12.7. The number of hydrogen-bond acceptors (Lipinski definition) is 3. The van der Waals surface area contributed by atoms with E-state index in [0.717, 1.165) is 11.1 Å². The van der Waals surface area contributed by atoms with E-state index in [0.29, 0.717) is 10.3 Å². The van der Waals surface area contributed by atoms with Gasteiger partial charge in [0.2, 0.25) is 10.0 Å². The SMILES string of the molecule is Cc1ccc(S(=O)(=O)N[C@H](c2ccccc2)c2cccc(Br)n2)cc1. The second-order valence-corrected chi connectivity index (χ2v) is 8.19. The van der Waals surface area contributed by atoms with Crippen LogP contribution >= 0.6 is 15.9 Å². The van der Waals surface area contributed by atoms with Crippen molar-refractivity contribution in [2.45, 2.75) is 17.9 Å². The predicted octanol–water partition coefficient (Wildman–Crippen LogP) is 4.22. The molecule has 1 aromatic heterocycles. The third-order valence-electron chi connectivity index (χ3n) is 3.77. The zero-order valence-corrected chi connectivity index (χ0v) is 16.0. The van der Waals surface area contributed by atoms with Gasteiger partial charge in [0.15, 0.2) is 0 Å². The number of nitrogens with one attached hydrogen (secondary N) is 1. The summed E-state index contributed by atoms with van der Waals surface area (Å²) < 4.78 is 29.1. The first-order chi connectivity index (χ1) is 12.0. The van der Waals surface area contributed by atoms with E-state index in [4.69, 9.17) is 0 Å². The van der Waals surface area contributed by atoms with Crippen LogP contribution in [0.3, 0.4) is 0 Å². The Balaban J connectivity index is 2.02. The summed E-state index contributed by atoms with van der Waals surface area (Å²) in [5.41, 5.74) is 2.45. The molecular formula is C19H17BrN2O2S. The molecule has 0 radical (unpaired) electrons. The second-order valence-electron chi connectivity index (χ2n) is 5.66. The molecule has 1 atom stereocenters. The van der Waals surface area contributed by atoms with Crippen molar-refractivity contribution in [1.82, 2.24) is 9.71 Å². The van der Waals surface area contributed by atoms with Gasteiger partial charge in [-0.05, 0) is 52.7 Å². The summed E-state index contributed by atoms with van der Waals surface area (Å²) in [7, 11) is -3.69. The molecule has 0 saturated carbocycles. The van der Waals surface area contributed by atoms with Crippen LogP contribution in [0.15, 0.2) is 82.3 Å². The van der Waals surface area contributed by atoms with Gasteiger partial charge < -0.3 is 0 Å². The molecular weight excluding hydrogens is 400 g/mol. The van der Waals surface area contributed by atoms with Gasteiger partial charge in [0.05, 0.1) is 16.6 Å². The lowest BCUT2D eigenvalue weighted by molar-refractivity contribution is 0.570. The van der Waals surface area contributed by atoms with Crippen molar-refractivity contribution in [1.29, 1.82) is 0 Å². The van der Waals surface area contributed by atoms with E-state index in [2.05, 4.69) is 25.6 Å². The fraction of sp³-hybridized carbons (Fsp3) is 0.105.